The molecule has 1 fully saturated rings. The van der Waals surface area contributed by atoms with Crippen LogP contribution in [0.4, 0.5) is 8.78 Å². The first-order chi connectivity index (χ1) is 13.6. The van der Waals surface area contributed by atoms with Gasteiger partial charge in [0.25, 0.3) is 6.43 Å². The summed E-state index contributed by atoms with van der Waals surface area (Å²) in [6.45, 7) is 2.93. The van der Waals surface area contributed by atoms with Crippen molar-refractivity contribution in [2.24, 2.45) is 22.6 Å². The number of hydrogen-bond acceptors (Lipinski definition) is 6. The van der Waals surface area contributed by atoms with Crippen molar-refractivity contribution < 1.29 is 23.8 Å². The highest BCUT2D eigenvalue weighted by atomic mass is 19.3. The van der Waals surface area contributed by atoms with Gasteiger partial charge >= 0.3 is 5.97 Å². The lowest BCUT2D eigenvalue weighted by molar-refractivity contribution is -0.138. The average Bonchev–Trinajstić information content (AvgIpc) is 3.35. The van der Waals surface area contributed by atoms with Crippen LogP contribution >= 0.6 is 0 Å². The summed E-state index contributed by atoms with van der Waals surface area (Å²) in [7, 11) is 0. The van der Waals surface area contributed by atoms with Crippen molar-refractivity contribution in [3.05, 3.63) is 53.0 Å². The molecule has 0 saturated heterocycles. The van der Waals surface area contributed by atoms with Crippen molar-refractivity contribution in [2.75, 3.05) is 0 Å². The molecule has 0 radical (unpaired) electrons. The van der Waals surface area contributed by atoms with E-state index in [9.17, 15) is 23.8 Å². The Morgan fingerprint density at radius 1 is 1.45 bits per heavy atom. The highest BCUT2D eigenvalue weighted by Gasteiger charge is 2.48. The second kappa shape index (κ2) is 6.55. The van der Waals surface area contributed by atoms with Gasteiger partial charge in [-0.3, -0.25) is 4.79 Å². The zero-order chi connectivity index (χ0) is 21.1. The van der Waals surface area contributed by atoms with E-state index in [0.717, 1.165) is 12.5 Å². The summed E-state index contributed by atoms with van der Waals surface area (Å²) in [5.41, 5.74) is 6.70. The maximum Gasteiger partial charge on any atom is 0.307 e. The molecule has 2 heterocycles. The molecular weight excluding hydrogens is 382 g/mol. The molecule has 1 aromatic carbocycles. The number of amidine groups is 1. The molecule has 1 saturated carbocycles. The largest absolute Gasteiger partial charge is 0.481 e. The second-order valence-corrected chi connectivity index (χ2v) is 7.86. The molecule has 1 aliphatic carbocycles. The van der Waals surface area contributed by atoms with Crippen molar-refractivity contribution in [3.63, 3.8) is 0 Å². The quantitative estimate of drug-likeness (QED) is 0.597. The fraction of sp³-hybridized carbons (Fsp3) is 0.400. The Hall–Kier alpha value is -2.94. The van der Waals surface area contributed by atoms with Crippen molar-refractivity contribution in [2.45, 2.75) is 38.5 Å². The highest BCUT2D eigenvalue weighted by Crippen LogP contribution is 2.46. The minimum absolute atomic E-state index is 0.105. The topological polar surface area (TPSA) is 111 Å². The number of aryl methyl sites for hydroxylation is 1. The molecule has 0 bridgehead atoms. The second-order valence-electron chi connectivity index (χ2n) is 7.86. The van der Waals surface area contributed by atoms with E-state index >= 15 is 0 Å². The lowest BCUT2D eigenvalue weighted by Crippen LogP contribution is -2.47. The summed E-state index contributed by atoms with van der Waals surface area (Å²) in [5, 5.41) is 22.5. The molecule has 154 valence electrons. The third-order valence-corrected chi connectivity index (χ3v) is 5.75. The van der Waals surface area contributed by atoms with Crippen LogP contribution in [0, 0.1) is 18.8 Å². The summed E-state index contributed by atoms with van der Waals surface area (Å²) in [6.07, 6.45) is 0.618. The number of carbonyl (C=O) groups is 1. The number of aliphatic carboxylic acids is 1. The standard InChI is InChI=1S/C20H22F2N4O3/c1-9-3-4-10(20(2,29)19(21)22)5-11(9)15-7-24-17-16(23)25-14(8-26(15)17)12-6-13(12)18(27)28/h3-5,7-8,12-13,17,19,24,29H,6H2,1-2H3,(H2,23,25)(H,27,28). The molecular formula is C20H22F2N4O3. The van der Waals surface area contributed by atoms with Crippen molar-refractivity contribution >= 4 is 17.5 Å². The fourth-order valence-corrected chi connectivity index (χ4v) is 3.73. The molecule has 3 aliphatic rings. The van der Waals surface area contributed by atoms with Crippen LogP contribution < -0.4 is 11.1 Å². The Bertz CT molecular complexity index is 970. The normalized spacial score (nSPS) is 27.4. The zero-order valence-electron chi connectivity index (χ0n) is 15.9. The number of rotatable bonds is 5. The predicted octanol–water partition coefficient (Wildman–Crippen LogP) is 1.93. The Morgan fingerprint density at radius 3 is 2.79 bits per heavy atom. The van der Waals surface area contributed by atoms with Crippen molar-refractivity contribution in [3.8, 4) is 0 Å². The van der Waals surface area contributed by atoms with Crippen LogP contribution in [0.1, 0.15) is 30.0 Å². The number of fused-ring (bicyclic) bond motifs is 1. The summed E-state index contributed by atoms with van der Waals surface area (Å²) in [4.78, 5) is 17.4. The highest BCUT2D eigenvalue weighted by molar-refractivity contribution is 5.91. The number of nitrogens with zero attached hydrogens (tertiary/aromatic N) is 2. The third-order valence-electron chi connectivity index (χ3n) is 5.75. The summed E-state index contributed by atoms with van der Waals surface area (Å²) >= 11 is 0. The first-order valence-corrected chi connectivity index (χ1v) is 9.26. The summed E-state index contributed by atoms with van der Waals surface area (Å²) in [5.74, 6) is -1.22. The smallest absolute Gasteiger partial charge is 0.307 e. The van der Waals surface area contributed by atoms with Gasteiger partial charge in [0.15, 0.2) is 6.17 Å². The monoisotopic (exact) mass is 404 g/mol. The van der Waals surface area contributed by atoms with Crippen LogP contribution in [0.25, 0.3) is 5.70 Å². The first kappa shape index (κ1) is 19.4. The van der Waals surface area contributed by atoms with Gasteiger partial charge in [-0.2, -0.15) is 0 Å². The third kappa shape index (κ3) is 3.15. The zero-order valence-corrected chi connectivity index (χ0v) is 15.9. The Balaban J connectivity index is 1.69. The van der Waals surface area contributed by atoms with Gasteiger partial charge in [0.2, 0.25) is 0 Å². The van der Waals surface area contributed by atoms with Crippen LogP contribution in [-0.4, -0.2) is 39.5 Å². The number of aliphatic hydroxyl groups is 1. The Morgan fingerprint density at radius 2 is 2.17 bits per heavy atom. The lowest BCUT2D eigenvalue weighted by atomic mass is 9.92. The van der Waals surface area contributed by atoms with Gasteiger partial charge in [-0.15, -0.1) is 0 Å². The van der Waals surface area contributed by atoms with Crippen molar-refractivity contribution in [1.29, 1.82) is 0 Å². The number of alkyl halides is 2. The van der Waals surface area contributed by atoms with Crippen molar-refractivity contribution in [1.82, 2.24) is 10.2 Å². The molecule has 4 atom stereocenters. The molecule has 0 spiro atoms. The van der Waals surface area contributed by atoms with E-state index in [1.54, 1.807) is 24.5 Å². The van der Waals surface area contributed by atoms with Gasteiger partial charge in [-0.05, 0) is 37.5 Å². The molecule has 0 amide bonds. The minimum Gasteiger partial charge on any atom is -0.481 e. The van der Waals surface area contributed by atoms with Gasteiger partial charge in [0.1, 0.15) is 11.4 Å². The maximum absolute atomic E-state index is 13.3. The van der Waals surface area contributed by atoms with E-state index < -0.39 is 30.1 Å². The van der Waals surface area contributed by atoms with Crippen LogP contribution in [0.2, 0.25) is 0 Å². The molecule has 5 N–H and O–H groups in total. The van der Waals surface area contributed by atoms with E-state index in [4.69, 9.17) is 5.73 Å². The van der Waals surface area contributed by atoms with Crippen LogP contribution in [0.15, 0.2) is 41.3 Å². The number of benzene rings is 1. The number of carboxylic acid groups (broad SMARTS) is 1. The number of nitrogens with one attached hydrogen (secondary N) is 1. The molecule has 4 unspecified atom stereocenters. The number of halogens is 2. The number of hydrogen-bond donors (Lipinski definition) is 4. The van der Waals surface area contributed by atoms with E-state index in [-0.39, 0.29) is 11.5 Å². The van der Waals surface area contributed by atoms with Gasteiger partial charge < -0.3 is 26.2 Å². The van der Waals surface area contributed by atoms with E-state index in [0.29, 0.717) is 29.2 Å². The number of allylic oxidation sites excluding steroid dienone is 1. The molecule has 2 aliphatic heterocycles. The van der Waals surface area contributed by atoms with Gasteiger partial charge in [0.05, 0.1) is 17.3 Å². The van der Waals surface area contributed by atoms with Crippen LogP contribution in [0.5, 0.6) is 0 Å². The Kier molecular flexibility index (Phi) is 4.38. The van der Waals surface area contributed by atoms with E-state index in [1.807, 2.05) is 11.8 Å². The maximum atomic E-state index is 13.3. The van der Waals surface area contributed by atoms with E-state index in [2.05, 4.69) is 10.3 Å². The SMILES string of the molecule is Cc1ccc(C(C)(O)C(F)F)cc1C1=CNC2C(N)=NC(C3CC3C(=O)O)=CN12. The van der Waals surface area contributed by atoms with E-state index in [1.165, 1.54) is 6.07 Å². The molecule has 29 heavy (non-hydrogen) atoms. The minimum atomic E-state index is -2.94. The molecule has 1 aromatic rings. The predicted molar refractivity (Wildman–Crippen MR) is 102 cm³/mol. The summed E-state index contributed by atoms with van der Waals surface area (Å²) < 4.78 is 26.6. The summed E-state index contributed by atoms with van der Waals surface area (Å²) in [6, 6.07) is 4.72. The first-order valence-electron chi connectivity index (χ1n) is 9.26. The lowest BCUT2D eigenvalue weighted by Gasteiger charge is -2.31. The van der Waals surface area contributed by atoms with Gasteiger partial charge in [-0.25, -0.2) is 13.8 Å². The fourth-order valence-electron chi connectivity index (χ4n) is 3.73. The molecule has 7 nitrogen and oxygen atoms in total. The van der Waals surface area contributed by atoms with Gasteiger partial charge in [-0.1, -0.05) is 12.1 Å². The molecule has 4 rings (SSSR count). The number of carboxylic acids is 1. The average molecular weight is 404 g/mol. The van der Waals surface area contributed by atoms with Crippen LogP contribution in [-0.2, 0) is 10.4 Å². The van der Waals surface area contributed by atoms with Gasteiger partial charge in [0, 0.05) is 23.9 Å². The van der Waals surface area contributed by atoms with Crippen LogP contribution in [0.3, 0.4) is 0 Å². The molecule has 0 aromatic heterocycles. The molecule has 9 heteroatoms. The number of aliphatic imine (C=N–C) groups is 1. The Labute approximate surface area is 166 Å². The number of nitrogens with two attached hydrogens (primary N) is 1.